The molecule has 0 radical (unpaired) electrons. The van der Waals surface area contributed by atoms with Gasteiger partial charge in [-0.1, -0.05) is 172 Å². The minimum absolute atomic E-state index is 0.0103. The molecule has 0 aliphatic rings. The van der Waals surface area contributed by atoms with Crippen molar-refractivity contribution in [2.24, 2.45) is 0 Å². The van der Waals surface area contributed by atoms with Crippen LogP contribution in [0, 0.1) is 0 Å². The van der Waals surface area contributed by atoms with E-state index in [0.29, 0.717) is 0 Å². The van der Waals surface area contributed by atoms with E-state index in [1.165, 1.54) is 32.5 Å². The van der Waals surface area contributed by atoms with E-state index in [9.17, 15) is 0 Å². The summed E-state index contributed by atoms with van der Waals surface area (Å²) in [6, 6.07) is 58.5. The summed E-state index contributed by atoms with van der Waals surface area (Å²) < 4.78 is 21.9. The molecule has 8 rings (SSSR count). The lowest BCUT2D eigenvalue weighted by Gasteiger charge is -2.29. The predicted molar refractivity (Wildman–Crippen MR) is 251 cm³/mol. The zero-order chi connectivity index (χ0) is 39.9. The van der Waals surface area contributed by atoms with E-state index in [0.717, 1.165) is 88.4 Å². The number of aryl methyl sites for hydroxylation is 2. The molecule has 0 heterocycles. The molecule has 8 aromatic carbocycles. The molecule has 0 aliphatic heterocycles. The highest BCUT2D eigenvalue weighted by Gasteiger charge is 2.30. The van der Waals surface area contributed by atoms with Gasteiger partial charge in [-0.15, -0.1) is 0 Å². The second-order valence-corrected chi connectivity index (χ2v) is 18.9. The van der Waals surface area contributed by atoms with Crippen molar-refractivity contribution in [2.45, 2.75) is 71.6 Å². The maximum absolute atomic E-state index is 7.69. The molecule has 0 spiro atoms. The van der Waals surface area contributed by atoms with Gasteiger partial charge in [0.15, 0.2) is 13.5 Å². The van der Waals surface area contributed by atoms with Crippen LogP contribution in [0.1, 0.15) is 64.5 Å². The lowest BCUT2D eigenvalue weighted by atomic mass is 9.87. The average molecular weight is 799 g/mol. The van der Waals surface area contributed by atoms with Crippen molar-refractivity contribution in [1.82, 2.24) is 0 Å². The van der Waals surface area contributed by atoms with Crippen molar-refractivity contribution < 1.29 is 13.8 Å². The zero-order valence-corrected chi connectivity index (χ0v) is 35.9. The van der Waals surface area contributed by atoms with Crippen molar-refractivity contribution in [3.05, 3.63) is 175 Å². The number of hydrogen-bond donors (Lipinski definition) is 0. The third-order valence-corrected chi connectivity index (χ3v) is 13.5. The average Bonchev–Trinajstić information content (AvgIpc) is 3.26. The standard InChI is InChI=1S/C53H52O3P2/c1-5-7-22-41-36-39-25-16-19-33-46(39)49(51(41)55-57-53(3,4)54-48-35-21-27-38-24-15-18-32-45(38)48)50-47-34-20-17-26-40(47)37-42(23-8-6-2)52(50)56-58(43-28-11-9-12-29-43)44-30-13-10-14-31-44/h9-21,24-37,57H,5-8,22-23H2,1-4H3. The number of rotatable bonds is 16. The van der Waals surface area contributed by atoms with Gasteiger partial charge in [-0.25, -0.2) is 0 Å². The van der Waals surface area contributed by atoms with Crippen LogP contribution in [0.5, 0.6) is 17.2 Å². The van der Waals surface area contributed by atoms with Crippen LogP contribution < -0.4 is 24.4 Å². The van der Waals surface area contributed by atoms with Gasteiger partial charge in [-0.3, -0.25) is 0 Å². The minimum Gasteiger partial charge on any atom is -0.480 e. The summed E-state index contributed by atoms with van der Waals surface area (Å²) in [5.41, 5.74) is 4.64. The fourth-order valence-electron chi connectivity index (χ4n) is 7.82. The van der Waals surface area contributed by atoms with Crippen LogP contribution in [0.25, 0.3) is 43.4 Å². The summed E-state index contributed by atoms with van der Waals surface area (Å²) in [4.78, 5) is 0. The molecule has 5 heteroatoms. The molecular weight excluding hydrogens is 747 g/mol. The van der Waals surface area contributed by atoms with Crippen LogP contribution >= 0.6 is 17.0 Å². The predicted octanol–water partition coefficient (Wildman–Crippen LogP) is 14.7. The topological polar surface area (TPSA) is 27.7 Å². The Balaban J connectivity index is 1.36. The van der Waals surface area contributed by atoms with E-state index in [1.807, 2.05) is 0 Å². The van der Waals surface area contributed by atoms with Crippen molar-refractivity contribution in [3.63, 3.8) is 0 Å². The van der Waals surface area contributed by atoms with Gasteiger partial charge < -0.3 is 13.8 Å². The van der Waals surface area contributed by atoms with Crippen LogP contribution in [-0.4, -0.2) is 5.34 Å². The van der Waals surface area contributed by atoms with Gasteiger partial charge in [0.1, 0.15) is 26.1 Å². The molecule has 1 unspecified atom stereocenters. The van der Waals surface area contributed by atoms with Crippen LogP contribution in [0.4, 0.5) is 0 Å². The largest absolute Gasteiger partial charge is 0.480 e. The molecule has 58 heavy (non-hydrogen) atoms. The zero-order valence-electron chi connectivity index (χ0n) is 34.0. The highest BCUT2D eigenvalue weighted by atomic mass is 31.1. The summed E-state index contributed by atoms with van der Waals surface area (Å²) in [5, 5.41) is 8.72. The Morgan fingerprint density at radius 2 is 0.966 bits per heavy atom. The first-order valence-electron chi connectivity index (χ1n) is 20.7. The molecule has 0 N–H and O–H groups in total. The van der Waals surface area contributed by atoms with Crippen molar-refractivity contribution in [3.8, 4) is 28.4 Å². The molecule has 0 aliphatic carbocycles. The summed E-state index contributed by atoms with van der Waals surface area (Å²) in [6.45, 7) is 8.81. The number of benzene rings is 8. The minimum atomic E-state index is -1.22. The van der Waals surface area contributed by atoms with Gasteiger partial charge >= 0.3 is 0 Å². The van der Waals surface area contributed by atoms with E-state index in [4.69, 9.17) is 13.8 Å². The normalized spacial score (nSPS) is 11.9. The Labute approximate surface area is 347 Å². The molecule has 1 atom stereocenters. The smallest absolute Gasteiger partial charge is 0.155 e. The molecule has 3 nitrogen and oxygen atoms in total. The molecule has 0 aromatic heterocycles. The van der Waals surface area contributed by atoms with E-state index in [-0.39, 0.29) is 8.81 Å². The summed E-state index contributed by atoms with van der Waals surface area (Å²) in [7, 11) is -1.21. The Hall–Kier alpha value is -5.20. The second kappa shape index (κ2) is 18.2. The number of unbranched alkanes of at least 4 members (excludes halogenated alkanes) is 2. The monoisotopic (exact) mass is 798 g/mol. The molecule has 0 bridgehead atoms. The van der Waals surface area contributed by atoms with Crippen LogP contribution in [0.2, 0.25) is 0 Å². The molecule has 0 fully saturated rings. The van der Waals surface area contributed by atoms with Crippen molar-refractivity contribution in [1.29, 1.82) is 0 Å². The first-order chi connectivity index (χ1) is 28.4. The van der Waals surface area contributed by atoms with E-state index >= 15 is 0 Å². The van der Waals surface area contributed by atoms with Crippen LogP contribution in [0.3, 0.4) is 0 Å². The Morgan fingerprint density at radius 1 is 0.500 bits per heavy atom. The Kier molecular flexibility index (Phi) is 12.4. The molecule has 0 saturated carbocycles. The lowest BCUT2D eigenvalue weighted by molar-refractivity contribution is 0.198. The fourth-order valence-corrected chi connectivity index (χ4v) is 10.3. The molecule has 292 valence electrons. The van der Waals surface area contributed by atoms with Gasteiger partial charge in [0.2, 0.25) is 0 Å². The third kappa shape index (κ3) is 8.63. The fraction of sp³-hybridized carbons (Fsp3) is 0.208. The first-order valence-corrected chi connectivity index (χ1v) is 22.9. The Bertz CT molecular complexity index is 2590. The highest BCUT2D eigenvalue weighted by molar-refractivity contribution is 7.68. The second-order valence-electron chi connectivity index (χ2n) is 15.5. The van der Waals surface area contributed by atoms with Gasteiger partial charge in [0.05, 0.1) is 0 Å². The number of hydrogen-bond acceptors (Lipinski definition) is 3. The maximum Gasteiger partial charge on any atom is 0.155 e. The first kappa shape index (κ1) is 39.6. The SMILES string of the molecule is CCCCc1cc2ccccc2c(-c2c(OP(c3ccccc3)c3ccccc3)c(CCCC)cc3ccccc23)c1OPC(C)(C)Oc1cccc2ccccc12. The van der Waals surface area contributed by atoms with Crippen LogP contribution in [-0.2, 0) is 12.8 Å². The molecule has 0 saturated heterocycles. The van der Waals surface area contributed by atoms with E-state index < -0.39 is 13.5 Å². The van der Waals surface area contributed by atoms with Gasteiger partial charge in [0, 0.05) is 27.1 Å². The lowest BCUT2D eigenvalue weighted by Crippen LogP contribution is -2.23. The van der Waals surface area contributed by atoms with Gasteiger partial charge in [-0.05, 0) is 95.8 Å². The Morgan fingerprint density at radius 3 is 1.53 bits per heavy atom. The van der Waals surface area contributed by atoms with Crippen LogP contribution in [0.15, 0.2) is 164 Å². The molecule has 0 amide bonds. The summed E-state index contributed by atoms with van der Waals surface area (Å²) in [5.74, 6) is 2.74. The van der Waals surface area contributed by atoms with Gasteiger partial charge in [-0.2, -0.15) is 0 Å². The molecule has 8 aromatic rings. The van der Waals surface area contributed by atoms with E-state index in [2.05, 4.69) is 191 Å². The number of fused-ring (bicyclic) bond motifs is 3. The molecular formula is C53H52O3P2. The van der Waals surface area contributed by atoms with Gasteiger partial charge in [0.25, 0.3) is 0 Å². The van der Waals surface area contributed by atoms with Crippen molar-refractivity contribution >= 4 is 59.9 Å². The van der Waals surface area contributed by atoms with E-state index in [1.54, 1.807) is 0 Å². The summed E-state index contributed by atoms with van der Waals surface area (Å²) >= 11 is 0. The summed E-state index contributed by atoms with van der Waals surface area (Å²) in [6.07, 6.45) is 6.11. The number of ether oxygens (including phenoxy) is 1. The highest BCUT2D eigenvalue weighted by Crippen LogP contribution is 2.54. The van der Waals surface area contributed by atoms with Crippen molar-refractivity contribution in [2.75, 3.05) is 0 Å². The third-order valence-electron chi connectivity index (χ3n) is 10.7. The maximum atomic E-state index is 7.69. The quantitative estimate of drug-likeness (QED) is 0.0912.